The molecule has 0 spiro atoms. The average Bonchev–Trinajstić information content (AvgIpc) is 3.69. The summed E-state index contributed by atoms with van der Waals surface area (Å²) in [6.45, 7) is 5.56. The van der Waals surface area contributed by atoms with Gasteiger partial charge in [-0.1, -0.05) is 36.4 Å². The minimum absolute atomic E-state index is 0.0508. The Morgan fingerprint density at radius 2 is 1.57 bits per heavy atom. The summed E-state index contributed by atoms with van der Waals surface area (Å²) < 4.78 is 19.0. The first-order chi connectivity index (χ1) is 22.4. The smallest absolute Gasteiger partial charge is 0.251 e. The Bertz CT molecular complexity index is 1390. The second-order valence-corrected chi connectivity index (χ2v) is 14.0. The Morgan fingerprint density at radius 3 is 2.20 bits per heavy atom. The zero-order valence-corrected chi connectivity index (χ0v) is 26.5. The van der Waals surface area contributed by atoms with Gasteiger partial charge in [0.1, 0.15) is 6.17 Å². The summed E-state index contributed by atoms with van der Waals surface area (Å²) in [4.78, 5) is 43.1. The van der Waals surface area contributed by atoms with E-state index >= 15 is 0 Å². The van der Waals surface area contributed by atoms with Gasteiger partial charge in [-0.25, -0.2) is 4.39 Å². The van der Waals surface area contributed by atoms with Crippen molar-refractivity contribution in [2.24, 2.45) is 5.92 Å². The van der Waals surface area contributed by atoms with Gasteiger partial charge in [-0.15, -0.1) is 0 Å². The molecule has 3 aliphatic heterocycles. The van der Waals surface area contributed by atoms with Gasteiger partial charge in [-0.05, 0) is 72.8 Å². The summed E-state index contributed by atoms with van der Waals surface area (Å²) in [7, 11) is 0. The topological polar surface area (TPSA) is 103 Å². The standard InChI is InChI=1S/C36H46FN5O4/c37-30-17-33(38-19-30)35(44)40-31-18-32(42(22-31)36(45)27-9-10-27)20-39-34(43)26-7-5-25(6-8-26)29-15-28(16-29)24-3-1-23(2-4-24)21-41-11-13-46-14-12-41/h1-8,27-33,38H,9-22H2,(H,39,43)(H,40,44)/t28?,29?,30-,31+,32+,33-/m0/s1. The number of halogens is 1. The summed E-state index contributed by atoms with van der Waals surface area (Å²) in [5, 5.41) is 8.98. The number of ether oxygens (including phenoxy) is 1. The highest BCUT2D eigenvalue weighted by atomic mass is 19.1. The molecule has 0 aromatic heterocycles. The lowest BCUT2D eigenvalue weighted by molar-refractivity contribution is -0.133. The maximum Gasteiger partial charge on any atom is 0.251 e. The first-order valence-corrected chi connectivity index (χ1v) is 17.1. The average molecular weight is 632 g/mol. The molecule has 2 saturated carbocycles. The Balaban J connectivity index is 0.881. The van der Waals surface area contributed by atoms with Crippen LogP contribution in [-0.2, 0) is 20.9 Å². The van der Waals surface area contributed by atoms with E-state index in [0.717, 1.165) is 58.5 Å². The normalized spacial score (nSPS) is 29.7. The van der Waals surface area contributed by atoms with Crippen molar-refractivity contribution in [3.63, 3.8) is 0 Å². The second kappa shape index (κ2) is 13.8. The van der Waals surface area contributed by atoms with Crippen molar-refractivity contribution in [3.05, 3.63) is 70.8 Å². The molecular weight excluding hydrogens is 585 g/mol. The molecule has 10 heteroatoms. The predicted molar refractivity (Wildman–Crippen MR) is 172 cm³/mol. The van der Waals surface area contributed by atoms with E-state index in [1.807, 2.05) is 17.0 Å². The largest absolute Gasteiger partial charge is 0.379 e. The Kier molecular flexibility index (Phi) is 9.38. The first kappa shape index (κ1) is 31.3. The van der Waals surface area contributed by atoms with Gasteiger partial charge in [0, 0.05) is 63.2 Å². The number of carbonyl (C=O) groups excluding carboxylic acids is 3. The molecule has 0 bridgehead atoms. The van der Waals surface area contributed by atoms with Crippen molar-refractivity contribution in [3.8, 4) is 0 Å². The van der Waals surface area contributed by atoms with Gasteiger partial charge in [0.2, 0.25) is 11.8 Å². The third kappa shape index (κ3) is 7.29. The minimum Gasteiger partial charge on any atom is -0.379 e. The van der Waals surface area contributed by atoms with Crippen LogP contribution in [0.4, 0.5) is 4.39 Å². The Morgan fingerprint density at radius 1 is 0.891 bits per heavy atom. The van der Waals surface area contributed by atoms with Gasteiger partial charge in [-0.3, -0.25) is 19.3 Å². The van der Waals surface area contributed by atoms with Gasteiger partial charge in [0.25, 0.3) is 5.91 Å². The molecule has 246 valence electrons. The van der Waals surface area contributed by atoms with E-state index in [-0.39, 0.29) is 48.7 Å². The molecule has 2 aliphatic carbocycles. The molecule has 7 rings (SSSR count). The molecule has 46 heavy (non-hydrogen) atoms. The highest BCUT2D eigenvalue weighted by Crippen LogP contribution is 2.47. The summed E-state index contributed by atoms with van der Waals surface area (Å²) in [5.74, 6) is 0.843. The van der Waals surface area contributed by atoms with E-state index in [2.05, 4.69) is 57.2 Å². The number of morpholine rings is 1. The highest BCUT2D eigenvalue weighted by molar-refractivity contribution is 5.94. The number of amides is 3. The molecule has 4 atom stereocenters. The fraction of sp³-hybridized carbons (Fsp3) is 0.583. The fourth-order valence-electron chi connectivity index (χ4n) is 7.54. The molecule has 0 unspecified atom stereocenters. The van der Waals surface area contributed by atoms with Gasteiger partial charge in [0.05, 0.1) is 25.3 Å². The molecule has 2 aromatic carbocycles. The van der Waals surface area contributed by atoms with Gasteiger partial charge in [-0.2, -0.15) is 0 Å². The van der Waals surface area contributed by atoms with Crippen LogP contribution in [0.25, 0.3) is 0 Å². The molecule has 3 heterocycles. The molecule has 0 radical (unpaired) electrons. The number of nitrogens with one attached hydrogen (secondary N) is 3. The van der Waals surface area contributed by atoms with Crippen LogP contribution in [0, 0.1) is 5.92 Å². The van der Waals surface area contributed by atoms with Crippen molar-refractivity contribution in [1.82, 2.24) is 25.8 Å². The van der Waals surface area contributed by atoms with Gasteiger partial charge < -0.3 is 25.6 Å². The van der Waals surface area contributed by atoms with Crippen LogP contribution in [0.15, 0.2) is 48.5 Å². The summed E-state index contributed by atoms with van der Waals surface area (Å²) in [6.07, 6.45) is 3.74. The number of rotatable bonds is 10. The quantitative estimate of drug-likeness (QED) is 0.373. The summed E-state index contributed by atoms with van der Waals surface area (Å²) in [6, 6.07) is 16.1. The third-order valence-corrected chi connectivity index (χ3v) is 10.6. The van der Waals surface area contributed by atoms with Gasteiger partial charge >= 0.3 is 0 Å². The maximum absolute atomic E-state index is 13.6. The van der Waals surface area contributed by atoms with E-state index in [1.54, 1.807) is 0 Å². The number of nitrogens with zero attached hydrogens (tertiary/aromatic N) is 2. The number of hydrogen-bond donors (Lipinski definition) is 3. The molecule has 3 saturated heterocycles. The van der Waals surface area contributed by atoms with Crippen LogP contribution in [0.1, 0.15) is 77.4 Å². The van der Waals surface area contributed by atoms with Crippen molar-refractivity contribution in [2.75, 3.05) is 45.9 Å². The molecule has 2 aromatic rings. The lowest BCUT2D eigenvalue weighted by atomic mass is 9.68. The van der Waals surface area contributed by atoms with Crippen LogP contribution in [0.3, 0.4) is 0 Å². The number of likely N-dealkylation sites (tertiary alicyclic amines) is 1. The van der Waals surface area contributed by atoms with Crippen molar-refractivity contribution < 1.29 is 23.5 Å². The molecule has 9 nitrogen and oxygen atoms in total. The van der Waals surface area contributed by atoms with Crippen molar-refractivity contribution >= 4 is 17.7 Å². The van der Waals surface area contributed by atoms with Crippen LogP contribution in [0.2, 0.25) is 0 Å². The first-order valence-electron chi connectivity index (χ1n) is 17.1. The maximum atomic E-state index is 13.6. The second-order valence-electron chi connectivity index (χ2n) is 14.0. The van der Waals surface area contributed by atoms with E-state index in [1.165, 1.54) is 16.7 Å². The summed E-state index contributed by atoms with van der Waals surface area (Å²) in [5.41, 5.74) is 4.63. The van der Waals surface area contributed by atoms with E-state index in [4.69, 9.17) is 4.74 Å². The molecular formula is C36H46FN5O4. The number of hydrogen-bond acceptors (Lipinski definition) is 6. The lowest BCUT2D eigenvalue weighted by Crippen LogP contribution is -2.46. The van der Waals surface area contributed by atoms with Crippen LogP contribution >= 0.6 is 0 Å². The number of alkyl halides is 1. The predicted octanol–water partition coefficient (Wildman–Crippen LogP) is 3.11. The number of carbonyl (C=O) groups is 3. The zero-order valence-electron chi connectivity index (χ0n) is 26.5. The Labute approximate surface area is 270 Å². The van der Waals surface area contributed by atoms with Crippen LogP contribution in [0.5, 0.6) is 0 Å². The zero-order chi connectivity index (χ0) is 31.6. The van der Waals surface area contributed by atoms with Gasteiger partial charge in [0.15, 0.2) is 0 Å². The summed E-state index contributed by atoms with van der Waals surface area (Å²) >= 11 is 0. The lowest BCUT2D eigenvalue weighted by Gasteiger charge is -2.36. The SMILES string of the molecule is O=C(NC[C@H]1C[C@@H](NC(=O)[C@@H]2C[C@H](F)CN2)CN1C(=O)C1CC1)c1ccc(C2CC(c3ccc(CN4CCOCC4)cc3)C2)cc1. The minimum atomic E-state index is -1.01. The highest BCUT2D eigenvalue weighted by Gasteiger charge is 2.42. The molecule has 3 amide bonds. The van der Waals surface area contributed by atoms with Crippen molar-refractivity contribution in [2.45, 2.75) is 81.2 Å². The van der Waals surface area contributed by atoms with E-state index < -0.39 is 12.2 Å². The number of benzene rings is 2. The third-order valence-electron chi connectivity index (χ3n) is 10.6. The molecule has 5 aliphatic rings. The van der Waals surface area contributed by atoms with Crippen LogP contribution in [-0.4, -0.2) is 97.8 Å². The van der Waals surface area contributed by atoms with Crippen molar-refractivity contribution in [1.29, 1.82) is 0 Å². The van der Waals surface area contributed by atoms with E-state index in [0.29, 0.717) is 36.9 Å². The van der Waals surface area contributed by atoms with Crippen LogP contribution < -0.4 is 16.0 Å². The monoisotopic (exact) mass is 631 g/mol. The Hall–Kier alpha value is -3.34. The van der Waals surface area contributed by atoms with E-state index in [9.17, 15) is 18.8 Å². The molecule has 5 fully saturated rings. The fourth-order valence-corrected chi connectivity index (χ4v) is 7.54. The molecule has 3 N–H and O–H groups in total.